The summed E-state index contributed by atoms with van der Waals surface area (Å²) in [5.74, 6) is -0.220. The number of rotatable bonds is 6. The molecular formula is C12H17N3O4. The van der Waals surface area contributed by atoms with Gasteiger partial charge in [-0.3, -0.25) is 14.9 Å². The molecule has 0 unspecified atom stereocenters. The molecular weight excluding hydrogens is 250 g/mol. The average Bonchev–Trinajstić information content (AvgIpc) is 2.43. The number of carbonyl (C=O) groups excluding carboxylic acids is 1. The predicted octanol–water partition coefficient (Wildman–Crippen LogP) is 0.659. The monoisotopic (exact) mass is 267 g/mol. The van der Waals surface area contributed by atoms with Crippen molar-refractivity contribution < 1.29 is 14.8 Å². The Bertz CT molecular complexity index is 476. The molecule has 2 N–H and O–H groups in total. The molecule has 0 fully saturated rings. The first kappa shape index (κ1) is 14.9. The Balaban J connectivity index is 3.15. The van der Waals surface area contributed by atoms with E-state index < -0.39 is 4.92 Å². The van der Waals surface area contributed by atoms with Gasteiger partial charge in [0.2, 0.25) is 5.91 Å². The fraction of sp³-hybridized carbons (Fsp3) is 0.417. The Morgan fingerprint density at radius 2 is 2.21 bits per heavy atom. The van der Waals surface area contributed by atoms with Crippen molar-refractivity contribution in [3.8, 4) is 0 Å². The number of amides is 1. The van der Waals surface area contributed by atoms with E-state index in [9.17, 15) is 14.9 Å². The molecule has 0 bridgehead atoms. The van der Waals surface area contributed by atoms with E-state index in [4.69, 9.17) is 5.11 Å². The number of anilines is 1. The third-order valence-corrected chi connectivity index (χ3v) is 2.75. The quantitative estimate of drug-likeness (QED) is 0.583. The summed E-state index contributed by atoms with van der Waals surface area (Å²) in [7, 11) is 1.51. The van der Waals surface area contributed by atoms with E-state index in [1.54, 1.807) is 17.0 Å². The van der Waals surface area contributed by atoms with Crippen LogP contribution in [0.25, 0.3) is 0 Å². The highest BCUT2D eigenvalue weighted by Gasteiger charge is 2.20. The summed E-state index contributed by atoms with van der Waals surface area (Å²) in [6.07, 6.45) is 0. The first-order valence-corrected chi connectivity index (χ1v) is 5.87. The standard InChI is InChI=1S/C12H17N3O4/c1-3-14(7-12(17)13-2)10-5-4-9(8-16)6-11(10)15(18)19/h4-6,16H,3,7-8H2,1-2H3,(H,13,17). The van der Waals surface area contributed by atoms with Crippen molar-refractivity contribution in [2.45, 2.75) is 13.5 Å². The van der Waals surface area contributed by atoms with E-state index in [-0.39, 0.29) is 24.7 Å². The highest BCUT2D eigenvalue weighted by atomic mass is 16.6. The predicted molar refractivity (Wildman–Crippen MR) is 71.0 cm³/mol. The molecule has 0 aliphatic heterocycles. The number of nitrogens with zero attached hydrogens (tertiary/aromatic N) is 2. The minimum Gasteiger partial charge on any atom is -0.392 e. The second kappa shape index (κ2) is 6.69. The molecule has 19 heavy (non-hydrogen) atoms. The van der Waals surface area contributed by atoms with Crippen LogP contribution in [0.1, 0.15) is 12.5 Å². The van der Waals surface area contributed by atoms with Gasteiger partial charge in [-0.25, -0.2) is 0 Å². The number of carbonyl (C=O) groups is 1. The smallest absolute Gasteiger partial charge is 0.292 e. The molecule has 0 aromatic heterocycles. The number of benzene rings is 1. The second-order valence-corrected chi connectivity index (χ2v) is 3.93. The summed E-state index contributed by atoms with van der Waals surface area (Å²) in [6.45, 7) is 2.06. The second-order valence-electron chi connectivity index (χ2n) is 3.93. The van der Waals surface area contributed by atoms with Gasteiger partial charge in [0.05, 0.1) is 18.1 Å². The van der Waals surface area contributed by atoms with Gasteiger partial charge < -0.3 is 15.3 Å². The highest BCUT2D eigenvalue weighted by Crippen LogP contribution is 2.29. The number of nitro groups is 1. The van der Waals surface area contributed by atoms with Gasteiger partial charge in [-0.05, 0) is 18.6 Å². The zero-order valence-corrected chi connectivity index (χ0v) is 10.9. The van der Waals surface area contributed by atoms with Gasteiger partial charge in [-0.1, -0.05) is 6.07 Å². The van der Waals surface area contributed by atoms with Crippen LogP contribution < -0.4 is 10.2 Å². The Morgan fingerprint density at radius 1 is 1.53 bits per heavy atom. The fourth-order valence-corrected chi connectivity index (χ4v) is 1.70. The van der Waals surface area contributed by atoms with Crippen molar-refractivity contribution in [3.63, 3.8) is 0 Å². The van der Waals surface area contributed by atoms with Crippen molar-refractivity contribution in [1.82, 2.24) is 5.32 Å². The molecule has 0 radical (unpaired) electrons. The molecule has 1 amide bonds. The third-order valence-electron chi connectivity index (χ3n) is 2.75. The first-order chi connectivity index (χ1) is 9.03. The van der Waals surface area contributed by atoms with Gasteiger partial charge in [0.15, 0.2) is 0 Å². The van der Waals surface area contributed by atoms with Crippen LogP contribution in [0.5, 0.6) is 0 Å². The lowest BCUT2D eigenvalue weighted by molar-refractivity contribution is -0.384. The van der Waals surface area contributed by atoms with Gasteiger partial charge in [0.25, 0.3) is 5.69 Å². The SMILES string of the molecule is CCN(CC(=O)NC)c1ccc(CO)cc1[N+](=O)[O-]. The van der Waals surface area contributed by atoms with Crippen molar-refractivity contribution in [3.05, 3.63) is 33.9 Å². The maximum absolute atomic E-state index is 11.4. The molecule has 7 heteroatoms. The van der Waals surface area contributed by atoms with E-state index in [1.807, 2.05) is 6.92 Å². The van der Waals surface area contributed by atoms with Crippen molar-refractivity contribution >= 4 is 17.3 Å². The molecule has 1 aromatic carbocycles. The number of aliphatic hydroxyl groups is 1. The third kappa shape index (κ3) is 3.65. The van der Waals surface area contributed by atoms with E-state index in [2.05, 4.69) is 5.32 Å². The van der Waals surface area contributed by atoms with E-state index in [0.29, 0.717) is 17.8 Å². The summed E-state index contributed by atoms with van der Waals surface area (Å²) >= 11 is 0. The minimum atomic E-state index is -0.513. The normalized spacial score (nSPS) is 10.1. The molecule has 0 saturated heterocycles. The maximum atomic E-state index is 11.4. The molecule has 7 nitrogen and oxygen atoms in total. The van der Waals surface area contributed by atoms with E-state index >= 15 is 0 Å². The molecule has 1 aromatic rings. The Kier molecular flexibility index (Phi) is 5.25. The van der Waals surface area contributed by atoms with Crippen LogP contribution in [0.2, 0.25) is 0 Å². The molecule has 0 aliphatic rings. The van der Waals surface area contributed by atoms with Crippen LogP contribution in [0.3, 0.4) is 0 Å². The molecule has 0 atom stereocenters. The molecule has 0 spiro atoms. The number of nitro benzene ring substituents is 1. The lowest BCUT2D eigenvalue weighted by Crippen LogP contribution is -2.35. The molecule has 104 valence electrons. The van der Waals surface area contributed by atoms with E-state index in [0.717, 1.165) is 0 Å². The number of hydrogen-bond donors (Lipinski definition) is 2. The van der Waals surface area contributed by atoms with Gasteiger partial charge in [0.1, 0.15) is 5.69 Å². The molecule has 0 aliphatic carbocycles. The number of nitrogens with one attached hydrogen (secondary N) is 1. The molecule has 0 heterocycles. The zero-order chi connectivity index (χ0) is 14.4. The van der Waals surface area contributed by atoms with Crippen LogP contribution in [-0.4, -0.2) is 36.1 Å². The van der Waals surface area contributed by atoms with Crippen molar-refractivity contribution in [2.24, 2.45) is 0 Å². The van der Waals surface area contributed by atoms with Crippen LogP contribution in [0.4, 0.5) is 11.4 Å². The number of likely N-dealkylation sites (N-methyl/N-ethyl adjacent to an activating group) is 2. The van der Waals surface area contributed by atoms with Crippen molar-refractivity contribution in [2.75, 3.05) is 25.0 Å². The van der Waals surface area contributed by atoms with Crippen LogP contribution >= 0.6 is 0 Å². The summed E-state index contributed by atoms with van der Waals surface area (Å²) < 4.78 is 0. The largest absolute Gasteiger partial charge is 0.392 e. The summed E-state index contributed by atoms with van der Waals surface area (Å²) in [4.78, 5) is 23.6. The van der Waals surface area contributed by atoms with Crippen LogP contribution in [0, 0.1) is 10.1 Å². The van der Waals surface area contributed by atoms with Gasteiger partial charge in [-0.15, -0.1) is 0 Å². The number of aliphatic hydroxyl groups excluding tert-OH is 1. The van der Waals surface area contributed by atoms with E-state index in [1.165, 1.54) is 13.1 Å². The fourth-order valence-electron chi connectivity index (χ4n) is 1.70. The number of hydrogen-bond acceptors (Lipinski definition) is 5. The van der Waals surface area contributed by atoms with Gasteiger partial charge >= 0.3 is 0 Å². The van der Waals surface area contributed by atoms with Crippen LogP contribution in [0.15, 0.2) is 18.2 Å². The highest BCUT2D eigenvalue weighted by molar-refractivity contribution is 5.82. The Labute approximate surface area is 111 Å². The lowest BCUT2D eigenvalue weighted by atomic mass is 10.1. The molecule has 0 saturated carbocycles. The summed E-state index contributed by atoms with van der Waals surface area (Å²) in [6, 6.07) is 4.48. The Hall–Kier alpha value is -2.15. The zero-order valence-electron chi connectivity index (χ0n) is 10.9. The minimum absolute atomic E-state index is 0.0479. The lowest BCUT2D eigenvalue weighted by Gasteiger charge is -2.22. The van der Waals surface area contributed by atoms with Crippen LogP contribution in [-0.2, 0) is 11.4 Å². The maximum Gasteiger partial charge on any atom is 0.292 e. The topological polar surface area (TPSA) is 95.7 Å². The first-order valence-electron chi connectivity index (χ1n) is 5.87. The van der Waals surface area contributed by atoms with Gasteiger partial charge in [0, 0.05) is 19.7 Å². The summed E-state index contributed by atoms with van der Waals surface area (Å²) in [5, 5.41) is 22.6. The van der Waals surface area contributed by atoms with Gasteiger partial charge in [-0.2, -0.15) is 0 Å². The summed E-state index contributed by atoms with van der Waals surface area (Å²) in [5.41, 5.74) is 0.719. The Morgan fingerprint density at radius 3 is 2.68 bits per heavy atom. The average molecular weight is 267 g/mol. The molecule has 1 rings (SSSR count). The van der Waals surface area contributed by atoms with Crippen molar-refractivity contribution in [1.29, 1.82) is 0 Å².